The van der Waals surface area contributed by atoms with Crippen molar-refractivity contribution in [2.24, 2.45) is 10.4 Å². The first kappa shape index (κ1) is 22.5. The summed E-state index contributed by atoms with van der Waals surface area (Å²) in [5.41, 5.74) is 0.375. The summed E-state index contributed by atoms with van der Waals surface area (Å²) in [6.07, 6.45) is 4.97. The molecule has 0 amide bonds. The Morgan fingerprint density at radius 2 is 2.08 bits per heavy atom. The largest absolute Gasteiger partial charge is 0.492 e. The van der Waals surface area contributed by atoms with Gasteiger partial charge in [0.2, 0.25) is 0 Å². The molecule has 7 heteroatoms. The van der Waals surface area contributed by atoms with E-state index in [9.17, 15) is 0 Å². The van der Waals surface area contributed by atoms with Gasteiger partial charge in [0.15, 0.2) is 5.96 Å². The average molecular weight is 526 g/mol. The third-order valence-corrected chi connectivity index (χ3v) is 5.06. The number of ether oxygens (including phenoxy) is 2. The van der Waals surface area contributed by atoms with E-state index in [-0.39, 0.29) is 24.0 Å². The molecule has 142 valence electrons. The molecule has 0 aromatic heterocycles. The van der Waals surface area contributed by atoms with E-state index in [2.05, 4.69) is 31.6 Å². The van der Waals surface area contributed by atoms with Gasteiger partial charge in [-0.3, -0.25) is 4.99 Å². The van der Waals surface area contributed by atoms with E-state index in [1.807, 2.05) is 24.3 Å². The molecule has 1 saturated carbocycles. The quantitative estimate of drug-likeness (QED) is 0.223. The van der Waals surface area contributed by atoms with E-state index in [4.69, 9.17) is 9.47 Å². The molecule has 0 heterocycles. The smallest absolute Gasteiger partial charge is 0.191 e. The summed E-state index contributed by atoms with van der Waals surface area (Å²) in [5.74, 6) is 1.69. The van der Waals surface area contributed by atoms with E-state index in [0.29, 0.717) is 18.6 Å². The maximum Gasteiger partial charge on any atom is 0.191 e. The van der Waals surface area contributed by atoms with Gasteiger partial charge in [0, 0.05) is 31.8 Å². The van der Waals surface area contributed by atoms with Crippen LogP contribution in [0.25, 0.3) is 0 Å². The molecule has 1 aliphatic carbocycles. The number of halogens is 2. The second-order valence-corrected chi connectivity index (χ2v) is 7.17. The number of nitrogens with one attached hydrogen (secondary N) is 2. The van der Waals surface area contributed by atoms with Crippen molar-refractivity contribution in [2.45, 2.75) is 25.7 Å². The van der Waals surface area contributed by atoms with Crippen LogP contribution in [0, 0.1) is 5.41 Å². The summed E-state index contributed by atoms with van der Waals surface area (Å²) >= 11 is 3.44. The lowest BCUT2D eigenvalue weighted by Crippen LogP contribution is -2.47. The van der Waals surface area contributed by atoms with Crippen molar-refractivity contribution in [3.63, 3.8) is 0 Å². The van der Waals surface area contributed by atoms with Crippen molar-refractivity contribution in [1.82, 2.24) is 10.6 Å². The molecule has 0 saturated heterocycles. The number of aliphatic imine (C=N–C) groups is 1. The summed E-state index contributed by atoms with van der Waals surface area (Å²) in [4.78, 5) is 4.29. The SMILES string of the molecule is CN=C(NCCOc1cccc(Br)c1)NCC1(CCOC)CCC1.I. The van der Waals surface area contributed by atoms with Gasteiger partial charge in [-0.15, -0.1) is 24.0 Å². The Kier molecular flexibility index (Phi) is 10.8. The lowest BCUT2D eigenvalue weighted by molar-refractivity contribution is 0.0732. The topological polar surface area (TPSA) is 54.9 Å². The molecule has 5 nitrogen and oxygen atoms in total. The predicted octanol–water partition coefficient (Wildman–Crippen LogP) is 3.82. The molecular weight excluding hydrogens is 497 g/mol. The summed E-state index contributed by atoms with van der Waals surface area (Å²) in [7, 11) is 3.57. The van der Waals surface area contributed by atoms with Gasteiger partial charge >= 0.3 is 0 Å². The molecule has 1 aromatic rings. The van der Waals surface area contributed by atoms with Crippen molar-refractivity contribution in [3.8, 4) is 5.75 Å². The van der Waals surface area contributed by atoms with Crippen LogP contribution in [-0.4, -0.2) is 46.4 Å². The number of rotatable bonds is 9. The highest BCUT2D eigenvalue weighted by Crippen LogP contribution is 2.43. The molecule has 2 N–H and O–H groups in total. The number of hydrogen-bond donors (Lipinski definition) is 2. The first-order valence-electron chi connectivity index (χ1n) is 8.49. The van der Waals surface area contributed by atoms with Crippen LogP contribution < -0.4 is 15.4 Å². The monoisotopic (exact) mass is 525 g/mol. The van der Waals surface area contributed by atoms with Crippen molar-refractivity contribution in [2.75, 3.05) is 40.5 Å². The maximum atomic E-state index is 5.72. The average Bonchev–Trinajstić information content (AvgIpc) is 2.55. The normalized spacial score (nSPS) is 15.7. The lowest BCUT2D eigenvalue weighted by Gasteiger charge is -2.42. The molecule has 2 rings (SSSR count). The maximum absolute atomic E-state index is 5.72. The second-order valence-electron chi connectivity index (χ2n) is 6.25. The lowest BCUT2D eigenvalue weighted by atomic mass is 9.67. The molecule has 1 fully saturated rings. The van der Waals surface area contributed by atoms with Crippen LogP contribution in [0.4, 0.5) is 0 Å². The number of nitrogens with zero attached hydrogens (tertiary/aromatic N) is 1. The number of methoxy groups -OCH3 is 1. The Hall–Kier alpha value is -0.540. The number of hydrogen-bond acceptors (Lipinski definition) is 3. The van der Waals surface area contributed by atoms with Crippen LogP contribution in [0.1, 0.15) is 25.7 Å². The molecule has 1 aliphatic rings. The second kappa shape index (κ2) is 12.0. The van der Waals surface area contributed by atoms with Gasteiger partial charge in [-0.1, -0.05) is 28.4 Å². The fourth-order valence-corrected chi connectivity index (χ4v) is 3.28. The minimum absolute atomic E-state index is 0. The van der Waals surface area contributed by atoms with Crippen LogP contribution in [0.5, 0.6) is 5.75 Å². The molecule has 0 unspecified atom stereocenters. The molecule has 0 atom stereocenters. The molecular formula is C18H29BrIN3O2. The zero-order valence-corrected chi connectivity index (χ0v) is 18.9. The predicted molar refractivity (Wildman–Crippen MR) is 117 cm³/mol. The summed E-state index contributed by atoms with van der Waals surface area (Å²) in [6.45, 7) is 3.07. The van der Waals surface area contributed by atoms with Gasteiger partial charge in [0.05, 0.1) is 6.54 Å². The third kappa shape index (κ3) is 7.70. The van der Waals surface area contributed by atoms with Crippen LogP contribution >= 0.6 is 39.9 Å². The fourth-order valence-electron chi connectivity index (χ4n) is 2.90. The highest BCUT2D eigenvalue weighted by atomic mass is 127. The minimum atomic E-state index is 0. The first-order chi connectivity index (χ1) is 11.7. The zero-order chi connectivity index (χ0) is 17.3. The van der Waals surface area contributed by atoms with Gasteiger partial charge < -0.3 is 20.1 Å². The highest BCUT2D eigenvalue weighted by Gasteiger charge is 2.36. The molecule has 25 heavy (non-hydrogen) atoms. The molecule has 0 aliphatic heterocycles. The van der Waals surface area contributed by atoms with Gasteiger partial charge in [-0.25, -0.2) is 0 Å². The number of benzene rings is 1. The Bertz CT molecular complexity index is 539. The van der Waals surface area contributed by atoms with Crippen LogP contribution in [0.3, 0.4) is 0 Å². The van der Waals surface area contributed by atoms with E-state index in [1.165, 1.54) is 19.3 Å². The van der Waals surface area contributed by atoms with Gasteiger partial charge in [-0.2, -0.15) is 0 Å². The van der Waals surface area contributed by atoms with Gasteiger partial charge in [0.25, 0.3) is 0 Å². The molecule has 0 spiro atoms. The minimum Gasteiger partial charge on any atom is -0.492 e. The van der Waals surface area contributed by atoms with Gasteiger partial charge in [-0.05, 0) is 42.9 Å². The van der Waals surface area contributed by atoms with E-state index in [0.717, 1.165) is 35.8 Å². The van der Waals surface area contributed by atoms with Crippen LogP contribution in [-0.2, 0) is 4.74 Å². The summed E-state index contributed by atoms with van der Waals surface area (Å²) < 4.78 is 12.0. The van der Waals surface area contributed by atoms with E-state index in [1.54, 1.807) is 14.2 Å². The Morgan fingerprint density at radius 1 is 1.28 bits per heavy atom. The third-order valence-electron chi connectivity index (χ3n) is 4.56. The molecule has 1 aromatic carbocycles. The molecule has 0 bridgehead atoms. The Morgan fingerprint density at radius 3 is 2.68 bits per heavy atom. The molecule has 0 radical (unpaired) electrons. The van der Waals surface area contributed by atoms with Crippen molar-refractivity contribution in [3.05, 3.63) is 28.7 Å². The Labute approximate surface area is 176 Å². The van der Waals surface area contributed by atoms with Crippen LogP contribution in [0.15, 0.2) is 33.7 Å². The zero-order valence-electron chi connectivity index (χ0n) is 15.0. The fraction of sp³-hybridized carbons (Fsp3) is 0.611. The van der Waals surface area contributed by atoms with E-state index < -0.39 is 0 Å². The summed E-state index contributed by atoms with van der Waals surface area (Å²) in [5, 5.41) is 6.75. The highest BCUT2D eigenvalue weighted by molar-refractivity contribution is 14.0. The van der Waals surface area contributed by atoms with Crippen LogP contribution in [0.2, 0.25) is 0 Å². The standard InChI is InChI=1S/C18H28BrN3O2.HI/c1-20-17(22-14-18(7-4-8-18)9-11-23-2)21-10-12-24-16-6-3-5-15(19)13-16;/h3,5-6,13H,4,7-12,14H2,1-2H3,(H2,20,21,22);1H. The van der Waals surface area contributed by atoms with E-state index >= 15 is 0 Å². The summed E-state index contributed by atoms with van der Waals surface area (Å²) in [6, 6.07) is 7.86. The van der Waals surface area contributed by atoms with Gasteiger partial charge in [0.1, 0.15) is 12.4 Å². The van der Waals surface area contributed by atoms with Crippen molar-refractivity contribution in [1.29, 1.82) is 0 Å². The van der Waals surface area contributed by atoms with Crippen molar-refractivity contribution >= 4 is 45.9 Å². The Balaban J connectivity index is 0.00000312. The van der Waals surface area contributed by atoms with Crippen molar-refractivity contribution < 1.29 is 9.47 Å². The first-order valence-corrected chi connectivity index (χ1v) is 9.29. The number of guanidine groups is 1.